The summed E-state index contributed by atoms with van der Waals surface area (Å²) in [4.78, 5) is 0. The summed E-state index contributed by atoms with van der Waals surface area (Å²) in [6.07, 6.45) is 1.64. The lowest BCUT2D eigenvalue weighted by Gasteiger charge is -2.32. The summed E-state index contributed by atoms with van der Waals surface area (Å²) < 4.78 is 0. The molecular formula is C20H19Cl. The number of halogens is 1. The fourth-order valence-corrected chi connectivity index (χ4v) is 3.93. The van der Waals surface area contributed by atoms with Crippen LogP contribution in [0.5, 0.6) is 0 Å². The molecule has 0 atom stereocenters. The van der Waals surface area contributed by atoms with E-state index in [9.17, 15) is 0 Å². The largest absolute Gasteiger partial charge is 0.100 e. The molecule has 0 aromatic heterocycles. The smallest absolute Gasteiger partial charge is 0.0300 e. The van der Waals surface area contributed by atoms with Crippen molar-refractivity contribution in [3.63, 3.8) is 0 Å². The first-order valence-electron chi connectivity index (χ1n) is 7.22. The first-order chi connectivity index (χ1) is 10.0. The van der Waals surface area contributed by atoms with E-state index in [1.165, 1.54) is 27.8 Å². The summed E-state index contributed by atoms with van der Waals surface area (Å²) in [5.41, 5.74) is 6.35. The van der Waals surface area contributed by atoms with Crippen LogP contribution in [-0.4, -0.2) is 0 Å². The third-order valence-corrected chi connectivity index (χ3v) is 4.41. The molecule has 106 valence electrons. The minimum atomic E-state index is -0.127. The zero-order valence-corrected chi connectivity index (χ0v) is 13.1. The van der Waals surface area contributed by atoms with Crippen LogP contribution in [0.15, 0.2) is 72.3 Å². The lowest BCUT2D eigenvalue weighted by molar-refractivity contribution is 0.525. The van der Waals surface area contributed by atoms with Crippen molar-refractivity contribution in [1.29, 1.82) is 0 Å². The zero-order chi connectivity index (χ0) is 15.0. The number of hydrogen-bond acceptors (Lipinski definition) is 0. The van der Waals surface area contributed by atoms with Crippen LogP contribution in [0.2, 0.25) is 0 Å². The molecule has 0 spiro atoms. The van der Waals surface area contributed by atoms with Crippen LogP contribution in [0.4, 0.5) is 0 Å². The Balaban J connectivity index is 2.31. The molecule has 2 aromatic rings. The van der Waals surface area contributed by atoms with Gasteiger partial charge in [0.2, 0.25) is 0 Å². The van der Waals surface area contributed by atoms with Crippen LogP contribution in [0.3, 0.4) is 0 Å². The lowest BCUT2D eigenvalue weighted by atomic mass is 9.71. The molecule has 1 aliphatic carbocycles. The quantitative estimate of drug-likeness (QED) is 0.601. The van der Waals surface area contributed by atoms with E-state index in [-0.39, 0.29) is 5.41 Å². The van der Waals surface area contributed by atoms with Crippen LogP contribution in [0.25, 0.3) is 11.1 Å². The lowest BCUT2D eigenvalue weighted by Crippen LogP contribution is -2.25. The number of rotatable bonds is 4. The molecule has 0 unspecified atom stereocenters. The van der Waals surface area contributed by atoms with E-state index in [4.69, 9.17) is 11.6 Å². The molecule has 0 nitrogen and oxygen atoms in total. The van der Waals surface area contributed by atoms with E-state index in [1.807, 2.05) is 0 Å². The normalized spacial score (nSPS) is 14.4. The standard InChI is InChI=1S/C20H19Cl/c1-14(2)12-20(13-15(3)21)18-10-6-4-8-16(18)17-9-5-7-11-19(17)20/h4-11H,1,3,12-13H2,2H3. The number of benzene rings is 2. The van der Waals surface area contributed by atoms with E-state index in [2.05, 4.69) is 68.6 Å². The van der Waals surface area contributed by atoms with Crippen molar-refractivity contribution in [3.8, 4) is 11.1 Å². The highest BCUT2D eigenvalue weighted by molar-refractivity contribution is 6.29. The predicted octanol–water partition coefficient (Wildman–Crippen LogP) is 6.06. The van der Waals surface area contributed by atoms with Crippen LogP contribution in [-0.2, 0) is 5.41 Å². The third kappa shape index (κ3) is 2.24. The van der Waals surface area contributed by atoms with E-state index in [0.29, 0.717) is 5.03 Å². The molecule has 0 heterocycles. The molecular weight excluding hydrogens is 276 g/mol. The van der Waals surface area contributed by atoms with Crippen LogP contribution >= 0.6 is 11.6 Å². The summed E-state index contributed by atoms with van der Waals surface area (Å²) in [7, 11) is 0. The maximum Gasteiger partial charge on any atom is 0.0300 e. The maximum atomic E-state index is 6.24. The SMILES string of the molecule is C=C(C)CC1(CC(=C)Cl)c2ccccc2-c2ccccc21. The molecule has 0 saturated carbocycles. The van der Waals surface area contributed by atoms with Gasteiger partial charge in [-0.1, -0.05) is 72.3 Å². The molecule has 0 radical (unpaired) electrons. The van der Waals surface area contributed by atoms with Gasteiger partial charge < -0.3 is 0 Å². The van der Waals surface area contributed by atoms with Crippen molar-refractivity contribution in [2.45, 2.75) is 25.2 Å². The minimum absolute atomic E-state index is 0.127. The van der Waals surface area contributed by atoms with Crippen LogP contribution < -0.4 is 0 Å². The highest BCUT2D eigenvalue weighted by atomic mass is 35.5. The Kier molecular flexibility index (Phi) is 3.51. The van der Waals surface area contributed by atoms with Gasteiger partial charge in [-0.2, -0.15) is 0 Å². The maximum absolute atomic E-state index is 6.24. The highest BCUT2D eigenvalue weighted by Crippen LogP contribution is 2.54. The molecule has 0 bridgehead atoms. The van der Waals surface area contributed by atoms with Crippen molar-refractivity contribution >= 4 is 11.6 Å². The summed E-state index contributed by atoms with van der Waals surface area (Å²) in [5.74, 6) is 0. The van der Waals surface area contributed by atoms with Crippen molar-refractivity contribution < 1.29 is 0 Å². The minimum Gasteiger partial charge on any atom is -0.100 e. The topological polar surface area (TPSA) is 0 Å². The first kappa shape index (κ1) is 14.2. The Morgan fingerprint density at radius 1 is 0.905 bits per heavy atom. The zero-order valence-electron chi connectivity index (χ0n) is 12.3. The fraction of sp³-hybridized carbons (Fsp3) is 0.200. The van der Waals surface area contributed by atoms with Gasteiger partial charge in [0, 0.05) is 10.4 Å². The molecule has 0 N–H and O–H groups in total. The van der Waals surface area contributed by atoms with Gasteiger partial charge in [0.25, 0.3) is 0 Å². The second kappa shape index (κ2) is 5.20. The van der Waals surface area contributed by atoms with Crippen LogP contribution in [0, 0.1) is 0 Å². The van der Waals surface area contributed by atoms with E-state index >= 15 is 0 Å². The molecule has 21 heavy (non-hydrogen) atoms. The van der Waals surface area contributed by atoms with Crippen molar-refractivity contribution in [1.82, 2.24) is 0 Å². The fourth-order valence-electron chi connectivity index (χ4n) is 3.70. The molecule has 3 rings (SSSR count). The van der Waals surface area contributed by atoms with Crippen molar-refractivity contribution in [2.75, 3.05) is 0 Å². The molecule has 0 amide bonds. The Hall–Kier alpha value is -1.79. The Labute approximate surface area is 131 Å². The second-order valence-electron chi connectivity index (χ2n) is 6.00. The molecule has 2 aromatic carbocycles. The van der Waals surface area contributed by atoms with Gasteiger partial charge in [0.15, 0.2) is 0 Å². The molecule has 1 aliphatic rings. The summed E-state index contributed by atoms with van der Waals surface area (Å²) in [6, 6.07) is 17.3. The highest BCUT2D eigenvalue weighted by Gasteiger charge is 2.42. The van der Waals surface area contributed by atoms with Gasteiger partial charge in [-0.15, -0.1) is 6.58 Å². The van der Waals surface area contributed by atoms with E-state index in [0.717, 1.165) is 12.8 Å². The summed E-state index contributed by atoms with van der Waals surface area (Å²) in [5, 5.41) is 0.697. The molecule has 0 saturated heterocycles. The van der Waals surface area contributed by atoms with Crippen LogP contribution in [0.1, 0.15) is 30.9 Å². The monoisotopic (exact) mass is 294 g/mol. The van der Waals surface area contributed by atoms with Gasteiger partial charge in [0.05, 0.1) is 0 Å². The molecule has 0 fully saturated rings. The first-order valence-corrected chi connectivity index (χ1v) is 7.59. The van der Waals surface area contributed by atoms with Crippen molar-refractivity contribution in [3.05, 3.63) is 83.4 Å². The van der Waals surface area contributed by atoms with Gasteiger partial charge in [-0.25, -0.2) is 0 Å². The average Bonchev–Trinajstić information content (AvgIpc) is 2.70. The summed E-state index contributed by atoms with van der Waals surface area (Å²) in [6.45, 7) is 10.2. The number of hydrogen-bond donors (Lipinski definition) is 0. The third-order valence-electron chi connectivity index (χ3n) is 4.27. The predicted molar refractivity (Wildman–Crippen MR) is 91.7 cm³/mol. The Morgan fingerprint density at radius 3 is 1.81 bits per heavy atom. The van der Waals surface area contributed by atoms with Crippen molar-refractivity contribution in [2.24, 2.45) is 0 Å². The molecule has 0 aliphatic heterocycles. The average molecular weight is 295 g/mol. The second-order valence-corrected chi connectivity index (χ2v) is 6.54. The van der Waals surface area contributed by atoms with Gasteiger partial charge in [0.1, 0.15) is 0 Å². The Bertz CT molecular complexity index is 661. The number of allylic oxidation sites excluding steroid dienone is 2. The van der Waals surface area contributed by atoms with Gasteiger partial charge >= 0.3 is 0 Å². The number of fused-ring (bicyclic) bond motifs is 3. The van der Waals surface area contributed by atoms with E-state index < -0.39 is 0 Å². The molecule has 1 heteroatoms. The Morgan fingerprint density at radius 2 is 1.38 bits per heavy atom. The summed E-state index contributed by atoms with van der Waals surface area (Å²) >= 11 is 6.24. The van der Waals surface area contributed by atoms with Gasteiger partial charge in [-0.3, -0.25) is 0 Å². The van der Waals surface area contributed by atoms with E-state index in [1.54, 1.807) is 0 Å². The van der Waals surface area contributed by atoms with Gasteiger partial charge in [-0.05, 0) is 42.0 Å².